The number of rotatable bonds is 5. The molecule has 0 aromatic heterocycles. The largest absolute Gasteiger partial charge is 0.508 e. The summed E-state index contributed by atoms with van der Waals surface area (Å²) in [6.07, 6.45) is -0.153. The zero-order valence-electron chi connectivity index (χ0n) is 23.8. The number of benzene rings is 2. The Balaban J connectivity index is 2.01. The van der Waals surface area contributed by atoms with Gasteiger partial charge in [-0.2, -0.15) is 0 Å². The number of nitrogens with zero attached hydrogens (tertiary/aromatic N) is 1. The highest BCUT2D eigenvalue weighted by Gasteiger charge is 2.39. The van der Waals surface area contributed by atoms with Crippen molar-refractivity contribution in [1.82, 2.24) is 15.5 Å². The van der Waals surface area contributed by atoms with Crippen molar-refractivity contribution in [3.05, 3.63) is 64.2 Å². The summed E-state index contributed by atoms with van der Waals surface area (Å²) >= 11 is 0. The SMILES string of the molecule is Cc1cc(O)cc(C)c1C[C@H](NC(=O)OC(C)(C)C)C(=O)N1Cc2ccccc2C[C@H]1C(=O)NC(C)(C)C. The zero-order chi connectivity index (χ0) is 28.4. The molecule has 2 aromatic carbocycles. The van der Waals surface area contributed by atoms with Gasteiger partial charge in [0.05, 0.1) is 0 Å². The van der Waals surface area contributed by atoms with E-state index < -0.39 is 29.3 Å². The van der Waals surface area contributed by atoms with Gasteiger partial charge in [0.15, 0.2) is 0 Å². The van der Waals surface area contributed by atoms with E-state index in [9.17, 15) is 19.5 Å². The summed E-state index contributed by atoms with van der Waals surface area (Å²) in [6.45, 7) is 14.9. The van der Waals surface area contributed by atoms with Gasteiger partial charge in [0.2, 0.25) is 11.8 Å². The molecule has 3 amide bonds. The number of nitrogens with one attached hydrogen (secondary N) is 2. The van der Waals surface area contributed by atoms with Crippen LogP contribution in [0.3, 0.4) is 0 Å². The molecule has 3 N–H and O–H groups in total. The topological polar surface area (TPSA) is 108 Å². The Morgan fingerprint density at radius 1 is 1.03 bits per heavy atom. The van der Waals surface area contributed by atoms with Crippen molar-refractivity contribution in [2.45, 2.75) is 98.0 Å². The molecule has 0 radical (unpaired) electrons. The number of carbonyl (C=O) groups is 3. The molecule has 1 aliphatic rings. The first-order chi connectivity index (χ1) is 17.5. The number of aryl methyl sites for hydroxylation is 2. The highest BCUT2D eigenvalue weighted by molar-refractivity contribution is 5.92. The van der Waals surface area contributed by atoms with Crippen molar-refractivity contribution in [3.63, 3.8) is 0 Å². The van der Waals surface area contributed by atoms with Gasteiger partial charge in [-0.3, -0.25) is 9.59 Å². The third kappa shape index (κ3) is 7.49. The molecule has 8 heteroatoms. The number of amides is 3. The fraction of sp³-hybridized carbons (Fsp3) is 0.500. The van der Waals surface area contributed by atoms with E-state index in [0.29, 0.717) is 6.42 Å². The Kier molecular flexibility index (Phi) is 8.44. The summed E-state index contributed by atoms with van der Waals surface area (Å²) in [5, 5.41) is 15.8. The Morgan fingerprint density at radius 2 is 1.61 bits per heavy atom. The van der Waals surface area contributed by atoms with Gasteiger partial charge in [-0.1, -0.05) is 24.3 Å². The molecule has 0 unspecified atom stereocenters. The van der Waals surface area contributed by atoms with Crippen LogP contribution in [0.25, 0.3) is 0 Å². The molecular formula is C30H41N3O5. The molecule has 3 rings (SSSR count). The average molecular weight is 524 g/mol. The van der Waals surface area contributed by atoms with Gasteiger partial charge in [0, 0.05) is 24.9 Å². The molecular weight excluding hydrogens is 482 g/mol. The van der Waals surface area contributed by atoms with Gasteiger partial charge in [0.25, 0.3) is 0 Å². The van der Waals surface area contributed by atoms with Crippen LogP contribution in [0.4, 0.5) is 4.79 Å². The van der Waals surface area contributed by atoms with Crippen molar-refractivity contribution < 1.29 is 24.2 Å². The number of carbonyl (C=O) groups excluding carboxylic acids is 3. The Morgan fingerprint density at radius 3 is 2.16 bits per heavy atom. The number of hydrogen-bond acceptors (Lipinski definition) is 5. The number of aromatic hydroxyl groups is 1. The Hall–Kier alpha value is -3.55. The van der Waals surface area contributed by atoms with E-state index in [0.717, 1.165) is 27.8 Å². The lowest BCUT2D eigenvalue weighted by atomic mass is 9.90. The number of phenols is 1. The third-order valence-electron chi connectivity index (χ3n) is 6.41. The summed E-state index contributed by atoms with van der Waals surface area (Å²) in [4.78, 5) is 42.1. The third-order valence-corrected chi connectivity index (χ3v) is 6.41. The Labute approximate surface area is 225 Å². The van der Waals surface area contributed by atoms with Crippen LogP contribution in [0.1, 0.15) is 69.4 Å². The maximum atomic E-state index is 14.2. The van der Waals surface area contributed by atoms with E-state index in [1.807, 2.05) is 58.9 Å². The van der Waals surface area contributed by atoms with Gasteiger partial charge in [-0.15, -0.1) is 0 Å². The predicted molar refractivity (Wildman–Crippen MR) is 147 cm³/mol. The van der Waals surface area contributed by atoms with Crippen molar-refractivity contribution in [1.29, 1.82) is 0 Å². The van der Waals surface area contributed by atoms with Gasteiger partial charge < -0.3 is 25.4 Å². The molecule has 0 saturated carbocycles. The number of alkyl carbamates (subject to hydrolysis) is 1. The summed E-state index contributed by atoms with van der Waals surface area (Å²) in [5.74, 6) is -0.474. The van der Waals surface area contributed by atoms with Crippen LogP contribution in [-0.4, -0.2) is 51.1 Å². The minimum absolute atomic E-state index is 0.137. The second kappa shape index (κ2) is 11.1. The van der Waals surface area contributed by atoms with Crippen LogP contribution in [0, 0.1) is 13.8 Å². The number of hydrogen-bond donors (Lipinski definition) is 3. The van der Waals surface area contributed by atoms with E-state index in [1.165, 1.54) is 0 Å². The molecule has 0 fully saturated rings. The van der Waals surface area contributed by atoms with Crippen LogP contribution in [0.2, 0.25) is 0 Å². The predicted octanol–water partition coefficient (Wildman–Crippen LogP) is 4.31. The van der Waals surface area contributed by atoms with Crippen LogP contribution in [0.15, 0.2) is 36.4 Å². The molecule has 2 aromatic rings. The second-order valence-electron chi connectivity index (χ2n) is 12.2. The van der Waals surface area contributed by atoms with Crippen LogP contribution in [-0.2, 0) is 33.7 Å². The number of ether oxygens (including phenoxy) is 1. The van der Waals surface area contributed by atoms with Gasteiger partial charge in [0.1, 0.15) is 23.4 Å². The van der Waals surface area contributed by atoms with Crippen molar-refractivity contribution >= 4 is 17.9 Å². The molecule has 2 atom stereocenters. The van der Waals surface area contributed by atoms with Gasteiger partial charge in [-0.25, -0.2) is 4.79 Å². The molecule has 0 saturated heterocycles. The monoisotopic (exact) mass is 523 g/mol. The normalized spacial score (nSPS) is 16.3. The van der Waals surface area contributed by atoms with Gasteiger partial charge in [-0.05, 0) is 95.3 Å². The first-order valence-corrected chi connectivity index (χ1v) is 13.0. The number of fused-ring (bicyclic) bond motifs is 1. The van der Waals surface area contributed by atoms with E-state index in [2.05, 4.69) is 10.6 Å². The molecule has 1 aliphatic heterocycles. The lowest BCUT2D eigenvalue weighted by molar-refractivity contribution is -0.144. The Bertz CT molecular complexity index is 1190. The molecule has 0 spiro atoms. The molecule has 1 heterocycles. The van der Waals surface area contributed by atoms with E-state index in [1.54, 1.807) is 37.8 Å². The quantitative estimate of drug-likeness (QED) is 0.541. The minimum Gasteiger partial charge on any atom is -0.508 e. The second-order valence-corrected chi connectivity index (χ2v) is 12.2. The first kappa shape index (κ1) is 29.0. The smallest absolute Gasteiger partial charge is 0.408 e. The van der Waals surface area contributed by atoms with Crippen LogP contribution < -0.4 is 10.6 Å². The fourth-order valence-corrected chi connectivity index (χ4v) is 4.79. The molecule has 38 heavy (non-hydrogen) atoms. The van der Waals surface area contributed by atoms with Crippen molar-refractivity contribution in [3.8, 4) is 5.75 Å². The fourth-order valence-electron chi connectivity index (χ4n) is 4.79. The van der Waals surface area contributed by atoms with E-state index in [-0.39, 0.29) is 30.5 Å². The number of phenolic OH excluding ortho intramolecular Hbond substituents is 1. The van der Waals surface area contributed by atoms with Crippen LogP contribution in [0.5, 0.6) is 5.75 Å². The maximum absolute atomic E-state index is 14.2. The highest BCUT2D eigenvalue weighted by Crippen LogP contribution is 2.27. The van der Waals surface area contributed by atoms with Crippen molar-refractivity contribution in [2.75, 3.05) is 0 Å². The molecule has 206 valence electrons. The molecule has 0 bridgehead atoms. The molecule has 8 nitrogen and oxygen atoms in total. The summed E-state index contributed by atoms with van der Waals surface area (Å²) in [6, 6.07) is 9.33. The first-order valence-electron chi connectivity index (χ1n) is 13.0. The summed E-state index contributed by atoms with van der Waals surface area (Å²) in [5.41, 5.74) is 3.21. The lowest BCUT2D eigenvalue weighted by Crippen LogP contribution is -2.60. The zero-order valence-corrected chi connectivity index (χ0v) is 23.8. The maximum Gasteiger partial charge on any atom is 0.408 e. The lowest BCUT2D eigenvalue weighted by Gasteiger charge is -2.39. The van der Waals surface area contributed by atoms with E-state index >= 15 is 0 Å². The van der Waals surface area contributed by atoms with Gasteiger partial charge >= 0.3 is 6.09 Å². The summed E-state index contributed by atoms with van der Waals surface area (Å²) in [7, 11) is 0. The standard InChI is InChI=1S/C30H41N3O5/c1-18-13-22(34)14-19(2)23(18)16-24(31-28(37)38-30(6,7)8)27(36)33-17-21-12-10-9-11-20(21)15-25(33)26(35)32-29(3,4)5/h9-14,24-25,34H,15-17H2,1-8H3,(H,31,37)(H,32,35)/t24-,25-/m0/s1. The van der Waals surface area contributed by atoms with Crippen molar-refractivity contribution in [2.24, 2.45) is 0 Å². The summed E-state index contributed by atoms with van der Waals surface area (Å²) < 4.78 is 5.48. The molecule has 0 aliphatic carbocycles. The average Bonchev–Trinajstić information content (AvgIpc) is 2.76. The minimum atomic E-state index is -0.984. The highest BCUT2D eigenvalue weighted by atomic mass is 16.6. The van der Waals surface area contributed by atoms with E-state index in [4.69, 9.17) is 4.74 Å². The van der Waals surface area contributed by atoms with Crippen LogP contribution >= 0.6 is 0 Å².